The van der Waals surface area contributed by atoms with E-state index in [9.17, 15) is 4.79 Å². The van der Waals surface area contributed by atoms with E-state index in [1.54, 1.807) is 13.3 Å². The minimum atomic E-state index is -0.458. The lowest BCUT2D eigenvalue weighted by molar-refractivity contribution is -0.116. The van der Waals surface area contributed by atoms with Crippen molar-refractivity contribution in [1.29, 1.82) is 0 Å². The highest BCUT2D eigenvalue weighted by atomic mass is 16.5. The Labute approximate surface area is 191 Å². The van der Waals surface area contributed by atoms with Crippen molar-refractivity contribution in [3.05, 3.63) is 115 Å². The second-order valence-electron chi connectivity index (χ2n) is 7.61. The van der Waals surface area contributed by atoms with Crippen LogP contribution in [0.25, 0.3) is 17.0 Å². The number of amides is 1. The van der Waals surface area contributed by atoms with Gasteiger partial charge in [0, 0.05) is 24.2 Å². The molecule has 0 radical (unpaired) electrons. The van der Waals surface area contributed by atoms with Crippen LogP contribution in [0.5, 0.6) is 5.75 Å². The zero-order chi connectivity index (χ0) is 22.6. The van der Waals surface area contributed by atoms with E-state index in [0.29, 0.717) is 17.2 Å². The molecular formula is C27H22N4O2. The second-order valence-corrected chi connectivity index (χ2v) is 7.61. The molecule has 5 aromatic rings. The topological polar surface area (TPSA) is 68.5 Å². The summed E-state index contributed by atoms with van der Waals surface area (Å²) in [6, 6.07) is 27.0. The number of hydrogen-bond donors (Lipinski definition) is 1. The molecule has 2 heterocycles. The van der Waals surface area contributed by atoms with Crippen LogP contribution in [0.1, 0.15) is 17.0 Å². The van der Waals surface area contributed by atoms with E-state index in [0.717, 1.165) is 22.4 Å². The van der Waals surface area contributed by atoms with Crippen molar-refractivity contribution in [3.63, 3.8) is 0 Å². The van der Waals surface area contributed by atoms with Gasteiger partial charge in [0.1, 0.15) is 5.75 Å². The molecule has 2 aromatic heterocycles. The lowest BCUT2D eigenvalue weighted by Crippen LogP contribution is -2.22. The van der Waals surface area contributed by atoms with Crippen LogP contribution < -0.4 is 10.1 Å². The lowest BCUT2D eigenvalue weighted by atomic mass is 9.90. The summed E-state index contributed by atoms with van der Waals surface area (Å²) < 4.78 is 7.39. The number of nitrogens with zero attached hydrogens (tertiary/aromatic N) is 3. The maximum absolute atomic E-state index is 13.6. The molecule has 162 valence electrons. The zero-order valence-corrected chi connectivity index (χ0v) is 18.1. The highest BCUT2D eigenvalue weighted by molar-refractivity contribution is 5.99. The van der Waals surface area contributed by atoms with E-state index in [4.69, 9.17) is 4.74 Å². The maximum Gasteiger partial charge on any atom is 0.236 e. The first-order chi connectivity index (χ1) is 16.2. The number of carbonyl (C=O) groups is 1. The Morgan fingerprint density at radius 3 is 2.27 bits per heavy atom. The quantitative estimate of drug-likeness (QED) is 0.400. The SMILES string of the molecule is COc1ccc(-c2cn3cccnc3n2)cc1NC(=O)C(c1ccccc1)c1ccccc1. The number of carbonyl (C=O) groups excluding carboxylic acids is 1. The number of benzene rings is 3. The highest BCUT2D eigenvalue weighted by Crippen LogP contribution is 2.33. The first-order valence-electron chi connectivity index (χ1n) is 10.6. The van der Waals surface area contributed by atoms with Crippen molar-refractivity contribution < 1.29 is 9.53 Å². The monoisotopic (exact) mass is 434 g/mol. The molecule has 0 saturated carbocycles. The first-order valence-corrected chi connectivity index (χ1v) is 10.6. The van der Waals surface area contributed by atoms with Crippen LogP contribution in [0.2, 0.25) is 0 Å². The summed E-state index contributed by atoms with van der Waals surface area (Å²) in [7, 11) is 1.59. The minimum Gasteiger partial charge on any atom is -0.495 e. The van der Waals surface area contributed by atoms with E-state index in [1.807, 2.05) is 102 Å². The van der Waals surface area contributed by atoms with Gasteiger partial charge < -0.3 is 10.1 Å². The highest BCUT2D eigenvalue weighted by Gasteiger charge is 2.24. The fourth-order valence-electron chi connectivity index (χ4n) is 3.93. The number of hydrogen-bond acceptors (Lipinski definition) is 4. The molecule has 0 atom stereocenters. The summed E-state index contributed by atoms with van der Waals surface area (Å²) in [5, 5.41) is 3.09. The van der Waals surface area contributed by atoms with Gasteiger partial charge in [-0.3, -0.25) is 9.20 Å². The van der Waals surface area contributed by atoms with Gasteiger partial charge in [-0.15, -0.1) is 0 Å². The number of aromatic nitrogens is 3. The maximum atomic E-state index is 13.6. The Balaban J connectivity index is 1.51. The van der Waals surface area contributed by atoms with Crippen molar-refractivity contribution in [2.75, 3.05) is 12.4 Å². The summed E-state index contributed by atoms with van der Waals surface area (Å²) in [5.41, 5.74) is 4.04. The number of nitrogens with one attached hydrogen (secondary N) is 1. The van der Waals surface area contributed by atoms with Gasteiger partial charge >= 0.3 is 0 Å². The fraction of sp³-hybridized carbons (Fsp3) is 0.0741. The predicted molar refractivity (Wildman–Crippen MR) is 128 cm³/mol. The van der Waals surface area contributed by atoms with Gasteiger partial charge in [-0.1, -0.05) is 60.7 Å². The third-order valence-electron chi connectivity index (χ3n) is 5.52. The second kappa shape index (κ2) is 8.96. The third-order valence-corrected chi connectivity index (χ3v) is 5.52. The van der Waals surface area contributed by atoms with Gasteiger partial charge in [-0.2, -0.15) is 0 Å². The van der Waals surface area contributed by atoms with Crippen LogP contribution in [-0.4, -0.2) is 27.4 Å². The molecule has 6 heteroatoms. The van der Waals surface area contributed by atoms with Gasteiger partial charge in [-0.05, 0) is 35.4 Å². The van der Waals surface area contributed by atoms with Crippen LogP contribution in [0, 0.1) is 0 Å². The molecule has 6 nitrogen and oxygen atoms in total. The lowest BCUT2D eigenvalue weighted by Gasteiger charge is -2.19. The van der Waals surface area contributed by atoms with E-state index < -0.39 is 5.92 Å². The van der Waals surface area contributed by atoms with Gasteiger partial charge in [0.15, 0.2) is 0 Å². The molecule has 0 aliphatic heterocycles. The molecule has 0 aliphatic rings. The summed E-state index contributed by atoms with van der Waals surface area (Å²) in [6.07, 6.45) is 5.51. The van der Waals surface area contributed by atoms with Crippen molar-refractivity contribution in [2.24, 2.45) is 0 Å². The summed E-state index contributed by atoms with van der Waals surface area (Å²) in [4.78, 5) is 22.4. The minimum absolute atomic E-state index is 0.139. The fourth-order valence-corrected chi connectivity index (χ4v) is 3.93. The molecule has 33 heavy (non-hydrogen) atoms. The number of anilines is 1. The number of ether oxygens (including phenoxy) is 1. The van der Waals surface area contributed by atoms with Gasteiger partial charge in [0.05, 0.1) is 24.4 Å². The van der Waals surface area contributed by atoms with Crippen molar-refractivity contribution >= 4 is 17.4 Å². The Morgan fingerprint density at radius 1 is 0.939 bits per heavy atom. The Bertz CT molecular complexity index is 1330. The molecule has 0 spiro atoms. The average molecular weight is 434 g/mol. The largest absolute Gasteiger partial charge is 0.495 e. The molecule has 3 aromatic carbocycles. The molecule has 0 bridgehead atoms. The Kier molecular flexibility index (Phi) is 5.55. The average Bonchev–Trinajstić information content (AvgIpc) is 3.30. The molecule has 1 amide bonds. The molecule has 0 unspecified atom stereocenters. The van der Waals surface area contributed by atoms with Crippen molar-refractivity contribution in [1.82, 2.24) is 14.4 Å². The van der Waals surface area contributed by atoms with Crippen LogP contribution in [0.3, 0.4) is 0 Å². The van der Waals surface area contributed by atoms with Gasteiger partial charge in [0.25, 0.3) is 0 Å². The van der Waals surface area contributed by atoms with E-state index in [1.165, 1.54) is 0 Å². The first kappa shape index (κ1) is 20.5. The van der Waals surface area contributed by atoms with Crippen LogP contribution in [0.4, 0.5) is 5.69 Å². The summed E-state index contributed by atoms with van der Waals surface area (Å²) in [5.74, 6) is 0.593. The van der Waals surface area contributed by atoms with Gasteiger partial charge in [0.2, 0.25) is 11.7 Å². The van der Waals surface area contributed by atoms with E-state index >= 15 is 0 Å². The summed E-state index contributed by atoms with van der Waals surface area (Å²) >= 11 is 0. The van der Waals surface area contributed by atoms with Crippen LogP contribution in [0.15, 0.2) is 104 Å². The Morgan fingerprint density at radius 2 is 1.64 bits per heavy atom. The zero-order valence-electron chi connectivity index (χ0n) is 18.1. The molecule has 0 fully saturated rings. The molecule has 1 N–H and O–H groups in total. The van der Waals surface area contributed by atoms with E-state index in [2.05, 4.69) is 15.3 Å². The number of methoxy groups -OCH3 is 1. The smallest absolute Gasteiger partial charge is 0.236 e. The van der Waals surface area contributed by atoms with Crippen molar-refractivity contribution in [3.8, 4) is 17.0 Å². The molecule has 0 saturated heterocycles. The van der Waals surface area contributed by atoms with Crippen molar-refractivity contribution in [2.45, 2.75) is 5.92 Å². The Hall–Kier alpha value is -4.45. The summed E-state index contributed by atoms with van der Waals surface area (Å²) in [6.45, 7) is 0. The predicted octanol–water partition coefficient (Wildman–Crippen LogP) is 5.18. The van der Waals surface area contributed by atoms with Gasteiger partial charge in [-0.25, -0.2) is 9.97 Å². The molecule has 5 rings (SSSR count). The number of imidazole rings is 1. The van der Waals surface area contributed by atoms with E-state index in [-0.39, 0.29) is 5.91 Å². The third kappa shape index (κ3) is 4.19. The number of fused-ring (bicyclic) bond motifs is 1. The standard InChI is InChI=1S/C27H22N4O2/c1-33-24-14-13-21(23-18-31-16-8-15-28-27(31)30-23)17-22(24)29-26(32)25(19-9-4-2-5-10-19)20-11-6-3-7-12-20/h2-18,25H,1H3,(H,29,32). The van der Waals surface area contributed by atoms with Crippen LogP contribution >= 0.6 is 0 Å². The normalized spacial score (nSPS) is 11.0. The number of rotatable bonds is 6. The molecular weight excluding hydrogens is 412 g/mol. The van der Waals surface area contributed by atoms with Crippen LogP contribution in [-0.2, 0) is 4.79 Å². The molecule has 0 aliphatic carbocycles.